The van der Waals surface area contributed by atoms with Crippen molar-refractivity contribution in [1.29, 1.82) is 0 Å². The van der Waals surface area contributed by atoms with Gasteiger partial charge in [0.15, 0.2) is 0 Å². The van der Waals surface area contributed by atoms with Gasteiger partial charge in [0.1, 0.15) is 12.7 Å². The van der Waals surface area contributed by atoms with Gasteiger partial charge in [-0.05, 0) is 6.92 Å². The molecule has 3 rings (SSSR count). The second kappa shape index (κ2) is 7.61. The highest BCUT2D eigenvalue weighted by atomic mass is 16.2. The average Bonchev–Trinajstić information content (AvgIpc) is 3.23. The molecular weight excluding hydrogens is 318 g/mol. The molecule has 8 heteroatoms. The van der Waals surface area contributed by atoms with E-state index in [0.29, 0.717) is 13.1 Å². The van der Waals surface area contributed by atoms with Crippen molar-refractivity contribution < 1.29 is 4.79 Å². The normalized spacial score (nSPS) is 11.9. The first-order valence-corrected chi connectivity index (χ1v) is 8.06. The van der Waals surface area contributed by atoms with Crippen LogP contribution in [0, 0.1) is 0 Å². The summed E-state index contributed by atoms with van der Waals surface area (Å²) in [7, 11) is 1.87. The van der Waals surface area contributed by atoms with Gasteiger partial charge in [-0.2, -0.15) is 10.2 Å². The van der Waals surface area contributed by atoms with Crippen LogP contribution in [0.5, 0.6) is 0 Å². The Kier molecular flexibility index (Phi) is 5.08. The Bertz CT molecular complexity index is 811. The molecule has 1 aromatic carbocycles. The predicted molar refractivity (Wildman–Crippen MR) is 93.5 cm³/mol. The van der Waals surface area contributed by atoms with E-state index >= 15 is 0 Å². The molecule has 8 nitrogen and oxygen atoms in total. The fourth-order valence-electron chi connectivity index (χ4n) is 2.61. The van der Waals surface area contributed by atoms with Crippen LogP contribution >= 0.6 is 0 Å². The molecule has 3 aromatic rings. The lowest BCUT2D eigenvalue weighted by Crippen LogP contribution is -2.42. The van der Waals surface area contributed by atoms with Crippen molar-refractivity contribution in [3.8, 4) is 11.3 Å². The van der Waals surface area contributed by atoms with Crippen molar-refractivity contribution in [3.63, 3.8) is 0 Å². The van der Waals surface area contributed by atoms with Crippen LogP contribution in [0.1, 0.15) is 12.5 Å². The van der Waals surface area contributed by atoms with E-state index in [4.69, 9.17) is 0 Å². The number of hydrogen-bond acceptors (Lipinski definition) is 4. The van der Waals surface area contributed by atoms with E-state index in [1.54, 1.807) is 15.7 Å². The van der Waals surface area contributed by atoms with Crippen molar-refractivity contribution in [3.05, 3.63) is 54.7 Å². The van der Waals surface area contributed by atoms with E-state index in [9.17, 15) is 4.79 Å². The maximum Gasteiger partial charge on any atom is 0.315 e. The lowest BCUT2D eigenvalue weighted by Gasteiger charge is -2.14. The molecule has 0 aliphatic heterocycles. The zero-order valence-corrected chi connectivity index (χ0v) is 14.3. The van der Waals surface area contributed by atoms with Crippen molar-refractivity contribution in [1.82, 2.24) is 35.2 Å². The number of carbonyl (C=O) groups is 1. The third-order valence-electron chi connectivity index (χ3n) is 3.70. The molecule has 0 saturated heterocycles. The molecule has 2 aromatic heterocycles. The summed E-state index contributed by atoms with van der Waals surface area (Å²) in [6.07, 6.45) is 5.01. The first kappa shape index (κ1) is 16.7. The fraction of sp³-hybridized carbons (Fsp3) is 0.294. The van der Waals surface area contributed by atoms with E-state index in [1.165, 1.54) is 6.33 Å². The Morgan fingerprint density at radius 1 is 1.28 bits per heavy atom. The van der Waals surface area contributed by atoms with Crippen LogP contribution in [0.25, 0.3) is 11.3 Å². The van der Waals surface area contributed by atoms with E-state index < -0.39 is 0 Å². The molecule has 0 spiro atoms. The molecule has 2 N–H and O–H groups in total. The van der Waals surface area contributed by atoms with Gasteiger partial charge in [-0.1, -0.05) is 30.3 Å². The number of aromatic nitrogens is 5. The van der Waals surface area contributed by atoms with Crippen LogP contribution in [0.2, 0.25) is 0 Å². The van der Waals surface area contributed by atoms with E-state index in [-0.39, 0.29) is 12.1 Å². The van der Waals surface area contributed by atoms with Crippen molar-refractivity contribution in [2.24, 2.45) is 7.05 Å². The Labute approximate surface area is 145 Å². The Morgan fingerprint density at radius 3 is 2.80 bits per heavy atom. The number of urea groups is 1. The molecule has 0 aliphatic carbocycles. The van der Waals surface area contributed by atoms with Crippen molar-refractivity contribution in [2.75, 3.05) is 0 Å². The molecule has 1 unspecified atom stereocenters. The number of benzene rings is 1. The zero-order chi connectivity index (χ0) is 17.6. The largest absolute Gasteiger partial charge is 0.334 e. The fourth-order valence-corrected chi connectivity index (χ4v) is 2.61. The van der Waals surface area contributed by atoms with Gasteiger partial charge >= 0.3 is 6.03 Å². The van der Waals surface area contributed by atoms with Crippen molar-refractivity contribution >= 4 is 6.03 Å². The van der Waals surface area contributed by atoms with E-state index in [1.807, 2.05) is 50.5 Å². The Balaban J connectivity index is 1.57. The number of nitrogens with zero attached hydrogens (tertiary/aromatic N) is 5. The van der Waals surface area contributed by atoms with Crippen LogP contribution in [0.4, 0.5) is 4.79 Å². The van der Waals surface area contributed by atoms with Gasteiger partial charge in [0.25, 0.3) is 0 Å². The summed E-state index contributed by atoms with van der Waals surface area (Å²) in [6.45, 7) is 2.89. The minimum atomic E-state index is -0.226. The van der Waals surface area contributed by atoms with Crippen LogP contribution in [-0.4, -0.2) is 36.6 Å². The summed E-state index contributed by atoms with van der Waals surface area (Å²) in [5.74, 6) is 0. The van der Waals surface area contributed by atoms with Gasteiger partial charge in [0, 0.05) is 37.0 Å². The number of nitrogens with one attached hydrogen (secondary N) is 2. The highest BCUT2D eigenvalue weighted by molar-refractivity contribution is 5.74. The number of amides is 2. The summed E-state index contributed by atoms with van der Waals surface area (Å²) in [4.78, 5) is 16.0. The first-order valence-electron chi connectivity index (χ1n) is 8.06. The molecule has 0 radical (unpaired) electrons. The quantitative estimate of drug-likeness (QED) is 0.713. The maximum atomic E-state index is 12.1. The van der Waals surface area contributed by atoms with E-state index in [2.05, 4.69) is 25.8 Å². The molecule has 25 heavy (non-hydrogen) atoms. The molecule has 2 heterocycles. The predicted octanol–water partition coefficient (Wildman–Crippen LogP) is 1.57. The molecule has 0 aliphatic rings. The van der Waals surface area contributed by atoms with E-state index in [0.717, 1.165) is 16.8 Å². The van der Waals surface area contributed by atoms with Gasteiger partial charge in [-0.15, -0.1) is 0 Å². The second-order valence-corrected chi connectivity index (χ2v) is 5.89. The number of aryl methyl sites for hydroxylation is 1. The van der Waals surface area contributed by atoms with Gasteiger partial charge < -0.3 is 10.6 Å². The maximum absolute atomic E-state index is 12.1. The summed E-state index contributed by atoms with van der Waals surface area (Å²) in [6, 6.07) is 9.63. The molecule has 0 fully saturated rings. The summed E-state index contributed by atoms with van der Waals surface area (Å²) >= 11 is 0. The smallest absolute Gasteiger partial charge is 0.315 e. The number of hydrogen-bond donors (Lipinski definition) is 2. The number of rotatable bonds is 6. The Morgan fingerprint density at radius 2 is 2.08 bits per heavy atom. The summed E-state index contributed by atoms with van der Waals surface area (Å²) < 4.78 is 3.43. The standard InChI is InChI=1S/C17H21N7O/c1-13(9-24-12-18-11-20-24)21-17(25)19-8-15-10-23(2)22-16(15)14-6-4-3-5-7-14/h3-7,10-13H,8-9H2,1-2H3,(H2,19,21,25). The van der Waals surface area contributed by atoms with Crippen LogP contribution in [-0.2, 0) is 20.1 Å². The van der Waals surface area contributed by atoms with Gasteiger partial charge in [-0.3, -0.25) is 9.36 Å². The third kappa shape index (κ3) is 4.43. The molecule has 0 bridgehead atoms. The van der Waals surface area contributed by atoms with Crippen molar-refractivity contribution in [2.45, 2.75) is 26.1 Å². The van der Waals surface area contributed by atoms with Crippen LogP contribution in [0.15, 0.2) is 49.2 Å². The SMILES string of the molecule is CC(Cn1cncn1)NC(=O)NCc1cn(C)nc1-c1ccccc1. The molecule has 0 saturated carbocycles. The van der Waals surface area contributed by atoms with Crippen LogP contribution < -0.4 is 10.6 Å². The zero-order valence-electron chi connectivity index (χ0n) is 14.3. The average molecular weight is 339 g/mol. The van der Waals surface area contributed by atoms with Gasteiger partial charge in [0.2, 0.25) is 0 Å². The van der Waals surface area contributed by atoms with Gasteiger partial charge in [0.05, 0.1) is 12.2 Å². The van der Waals surface area contributed by atoms with Crippen LogP contribution in [0.3, 0.4) is 0 Å². The highest BCUT2D eigenvalue weighted by Crippen LogP contribution is 2.21. The van der Waals surface area contributed by atoms with Gasteiger partial charge in [-0.25, -0.2) is 9.78 Å². The monoisotopic (exact) mass is 339 g/mol. The molecule has 2 amide bonds. The molecular formula is C17H21N7O. The lowest BCUT2D eigenvalue weighted by molar-refractivity contribution is 0.235. The summed E-state index contributed by atoms with van der Waals surface area (Å²) in [5.41, 5.74) is 2.87. The topological polar surface area (TPSA) is 89.7 Å². The summed E-state index contributed by atoms with van der Waals surface area (Å²) in [5, 5.41) is 14.3. The third-order valence-corrected chi connectivity index (χ3v) is 3.70. The Hall–Kier alpha value is -3.16. The molecule has 130 valence electrons. The molecule has 1 atom stereocenters. The lowest BCUT2D eigenvalue weighted by atomic mass is 10.1. The number of carbonyl (C=O) groups excluding carboxylic acids is 1. The first-order chi connectivity index (χ1) is 12.1. The highest BCUT2D eigenvalue weighted by Gasteiger charge is 2.12. The minimum Gasteiger partial charge on any atom is -0.334 e. The second-order valence-electron chi connectivity index (χ2n) is 5.89. The minimum absolute atomic E-state index is 0.0656.